The lowest BCUT2D eigenvalue weighted by Crippen LogP contribution is -2.53. The molecule has 1 N–H and O–H groups in total. The molecule has 0 aliphatic heterocycles. The Balaban J connectivity index is 1.82. The van der Waals surface area contributed by atoms with Crippen molar-refractivity contribution in [2.45, 2.75) is 37.8 Å². The van der Waals surface area contributed by atoms with E-state index in [2.05, 4.69) is 5.32 Å². The van der Waals surface area contributed by atoms with Crippen LogP contribution in [0, 0.1) is 6.92 Å². The Bertz CT molecular complexity index is 1720. The van der Waals surface area contributed by atoms with Crippen LogP contribution in [0.2, 0.25) is 15.1 Å². The number of aryl methyl sites for hydroxylation is 1. The molecule has 2 amide bonds. The second kappa shape index (κ2) is 14.9. The van der Waals surface area contributed by atoms with Gasteiger partial charge in [0, 0.05) is 19.5 Å². The Morgan fingerprint density at radius 1 is 0.795 bits per heavy atom. The summed E-state index contributed by atoms with van der Waals surface area (Å²) in [6, 6.07) is 26.0. The molecule has 0 aliphatic rings. The number of carbonyl (C=O) groups excluding carboxylic acids is 2. The molecule has 11 heteroatoms. The van der Waals surface area contributed by atoms with Crippen LogP contribution in [0.15, 0.2) is 102 Å². The number of anilines is 1. The van der Waals surface area contributed by atoms with E-state index in [0.29, 0.717) is 17.1 Å². The normalized spacial score (nSPS) is 11.9. The Kier molecular flexibility index (Phi) is 11.3. The van der Waals surface area contributed by atoms with Gasteiger partial charge in [-0.25, -0.2) is 8.42 Å². The van der Waals surface area contributed by atoms with Gasteiger partial charge in [0.2, 0.25) is 11.8 Å². The first kappa shape index (κ1) is 33.3. The molecule has 0 aromatic heterocycles. The van der Waals surface area contributed by atoms with E-state index in [9.17, 15) is 18.0 Å². The average Bonchev–Trinajstić information content (AvgIpc) is 3.00. The van der Waals surface area contributed by atoms with Gasteiger partial charge in [0.1, 0.15) is 12.6 Å². The van der Waals surface area contributed by atoms with Crippen molar-refractivity contribution in [3.8, 4) is 0 Å². The summed E-state index contributed by atoms with van der Waals surface area (Å²) in [6.07, 6.45) is 0.191. The van der Waals surface area contributed by atoms with E-state index in [0.717, 1.165) is 15.4 Å². The summed E-state index contributed by atoms with van der Waals surface area (Å²) in [6.45, 7) is 3.32. The van der Waals surface area contributed by atoms with Crippen LogP contribution in [0.1, 0.15) is 23.6 Å². The Morgan fingerprint density at radius 3 is 2.09 bits per heavy atom. The Hall–Kier alpha value is -3.56. The van der Waals surface area contributed by atoms with Gasteiger partial charge in [0.25, 0.3) is 10.0 Å². The third-order valence-corrected chi connectivity index (χ3v) is 9.80. The van der Waals surface area contributed by atoms with Crippen LogP contribution < -0.4 is 9.62 Å². The number of halogens is 3. The Morgan fingerprint density at radius 2 is 1.45 bits per heavy atom. The first-order valence-corrected chi connectivity index (χ1v) is 16.5. The van der Waals surface area contributed by atoms with Gasteiger partial charge in [-0.2, -0.15) is 0 Å². The van der Waals surface area contributed by atoms with Gasteiger partial charge in [-0.05, 0) is 61.4 Å². The maximum Gasteiger partial charge on any atom is 0.264 e. The number of sulfonamides is 1. The molecule has 4 aromatic rings. The molecule has 230 valence electrons. The van der Waals surface area contributed by atoms with Crippen LogP contribution in [0.25, 0.3) is 0 Å². The smallest absolute Gasteiger partial charge is 0.264 e. The van der Waals surface area contributed by atoms with E-state index in [4.69, 9.17) is 34.8 Å². The van der Waals surface area contributed by atoms with Crippen LogP contribution in [0.3, 0.4) is 0 Å². The van der Waals surface area contributed by atoms with E-state index >= 15 is 0 Å². The minimum absolute atomic E-state index is 0.00332. The van der Waals surface area contributed by atoms with E-state index in [-0.39, 0.29) is 39.5 Å². The van der Waals surface area contributed by atoms with Gasteiger partial charge in [0.05, 0.1) is 25.7 Å². The quantitative estimate of drug-likeness (QED) is 0.177. The molecule has 44 heavy (non-hydrogen) atoms. The summed E-state index contributed by atoms with van der Waals surface area (Å²) in [7, 11) is -4.26. The zero-order valence-electron chi connectivity index (χ0n) is 24.2. The molecule has 0 spiro atoms. The van der Waals surface area contributed by atoms with Crippen LogP contribution in [-0.4, -0.2) is 44.3 Å². The highest BCUT2D eigenvalue weighted by Crippen LogP contribution is 2.31. The third-order valence-electron chi connectivity index (χ3n) is 6.97. The zero-order chi connectivity index (χ0) is 31.9. The molecule has 0 fully saturated rings. The predicted octanol–water partition coefficient (Wildman–Crippen LogP) is 6.93. The number of hydrogen-bond acceptors (Lipinski definition) is 4. The second-order valence-electron chi connectivity index (χ2n) is 10.1. The highest BCUT2D eigenvalue weighted by atomic mass is 35.5. The van der Waals surface area contributed by atoms with Crippen molar-refractivity contribution in [2.75, 3.05) is 17.4 Å². The lowest BCUT2D eigenvalue weighted by Gasteiger charge is -2.34. The van der Waals surface area contributed by atoms with Gasteiger partial charge in [-0.15, -0.1) is 0 Å². The first-order chi connectivity index (χ1) is 21.0. The molecule has 1 atom stereocenters. The lowest BCUT2D eigenvalue weighted by atomic mass is 10.0. The number of nitrogens with zero attached hydrogens (tertiary/aromatic N) is 2. The van der Waals surface area contributed by atoms with Crippen LogP contribution >= 0.6 is 34.8 Å². The summed E-state index contributed by atoms with van der Waals surface area (Å²) in [5.74, 6) is -0.991. The van der Waals surface area contributed by atoms with Crippen LogP contribution in [-0.2, 0) is 32.6 Å². The van der Waals surface area contributed by atoms with Gasteiger partial charge < -0.3 is 10.2 Å². The number of likely N-dealkylation sites (N-methyl/N-ethyl adjacent to an activating group) is 1. The van der Waals surface area contributed by atoms with E-state index < -0.39 is 28.5 Å². The highest BCUT2D eigenvalue weighted by molar-refractivity contribution is 7.92. The van der Waals surface area contributed by atoms with Gasteiger partial charge >= 0.3 is 0 Å². The molecule has 0 radical (unpaired) electrons. The largest absolute Gasteiger partial charge is 0.355 e. The standard InChI is InChI=1S/C33H32Cl3N3O4S/c1-3-37-33(41)31(20-24-9-5-4-6-10-24)38(21-25-15-18-27(34)29(36)19-25)32(40)22-39(30-12-8-7-11-28(30)35)44(42,43)26-16-13-23(2)14-17-26/h4-19,31H,3,20-22H2,1-2H3,(H,37,41)/t31-/m0/s1. The summed E-state index contributed by atoms with van der Waals surface area (Å²) in [5, 5.41) is 3.61. The third kappa shape index (κ3) is 8.12. The van der Waals surface area contributed by atoms with Crippen molar-refractivity contribution in [3.05, 3.63) is 129 Å². The molecule has 7 nitrogen and oxygen atoms in total. The van der Waals surface area contributed by atoms with Crippen molar-refractivity contribution in [1.82, 2.24) is 10.2 Å². The van der Waals surface area contributed by atoms with Crippen molar-refractivity contribution < 1.29 is 18.0 Å². The molecule has 0 aliphatic carbocycles. The topological polar surface area (TPSA) is 86.8 Å². The fourth-order valence-corrected chi connectivity index (χ4v) is 6.73. The van der Waals surface area contributed by atoms with Crippen molar-refractivity contribution in [1.29, 1.82) is 0 Å². The molecule has 4 aromatic carbocycles. The predicted molar refractivity (Wildman–Crippen MR) is 177 cm³/mol. The number of para-hydroxylation sites is 1. The van der Waals surface area contributed by atoms with Crippen LogP contribution in [0.4, 0.5) is 5.69 Å². The fourth-order valence-electron chi connectivity index (χ4n) is 4.69. The van der Waals surface area contributed by atoms with E-state index in [1.807, 2.05) is 37.3 Å². The minimum atomic E-state index is -4.26. The number of nitrogens with one attached hydrogen (secondary N) is 1. The van der Waals surface area contributed by atoms with Gasteiger partial charge in [-0.3, -0.25) is 13.9 Å². The van der Waals surface area contributed by atoms with E-state index in [1.165, 1.54) is 23.1 Å². The van der Waals surface area contributed by atoms with Crippen molar-refractivity contribution in [2.24, 2.45) is 0 Å². The minimum Gasteiger partial charge on any atom is -0.355 e. The second-order valence-corrected chi connectivity index (χ2v) is 13.2. The zero-order valence-corrected chi connectivity index (χ0v) is 27.3. The summed E-state index contributed by atoms with van der Waals surface area (Å²) in [4.78, 5) is 29.3. The molecule has 0 bridgehead atoms. The summed E-state index contributed by atoms with van der Waals surface area (Å²) < 4.78 is 29.1. The molecule has 4 rings (SSSR count). The molecular weight excluding hydrogens is 641 g/mol. The SMILES string of the molecule is CCNC(=O)[C@H](Cc1ccccc1)N(Cc1ccc(Cl)c(Cl)c1)C(=O)CN(c1ccccc1Cl)S(=O)(=O)c1ccc(C)cc1. The highest BCUT2D eigenvalue weighted by Gasteiger charge is 2.35. The first-order valence-electron chi connectivity index (χ1n) is 13.9. The average molecular weight is 673 g/mol. The Labute approximate surface area is 273 Å². The van der Waals surface area contributed by atoms with Gasteiger partial charge in [0.15, 0.2) is 0 Å². The molecule has 0 saturated carbocycles. The van der Waals surface area contributed by atoms with Crippen molar-refractivity contribution >= 4 is 62.3 Å². The molecule has 0 saturated heterocycles. The number of rotatable bonds is 12. The number of hydrogen-bond donors (Lipinski definition) is 1. The molecule has 0 heterocycles. The number of benzene rings is 4. The van der Waals surface area contributed by atoms with E-state index in [1.54, 1.807) is 55.5 Å². The molecular formula is C33H32Cl3N3O4S. The lowest BCUT2D eigenvalue weighted by molar-refractivity contribution is -0.140. The number of carbonyl (C=O) groups is 2. The molecule has 0 unspecified atom stereocenters. The maximum absolute atomic E-state index is 14.4. The van der Waals surface area contributed by atoms with Crippen molar-refractivity contribution in [3.63, 3.8) is 0 Å². The number of amides is 2. The van der Waals surface area contributed by atoms with Gasteiger partial charge in [-0.1, -0.05) is 101 Å². The summed E-state index contributed by atoms with van der Waals surface area (Å²) in [5.41, 5.74) is 2.45. The maximum atomic E-state index is 14.4. The monoisotopic (exact) mass is 671 g/mol. The summed E-state index contributed by atoms with van der Waals surface area (Å²) >= 11 is 19.0. The van der Waals surface area contributed by atoms with Crippen LogP contribution in [0.5, 0.6) is 0 Å². The fraction of sp³-hybridized carbons (Fsp3) is 0.212.